The third-order valence-corrected chi connectivity index (χ3v) is 4.38. The maximum atomic E-state index is 12.5. The lowest BCUT2D eigenvalue weighted by Crippen LogP contribution is -2.23. The van der Waals surface area contributed by atoms with E-state index in [-0.39, 0.29) is 17.7 Å². The van der Waals surface area contributed by atoms with Gasteiger partial charge in [-0.15, -0.1) is 0 Å². The van der Waals surface area contributed by atoms with E-state index in [2.05, 4.69) is 10.6 Å². The maximum Gasteiger partial charge on any atom is 0.255 e. The van der Waals surface area contributed by atoms with E-state index < -0.39 is 0 Å². The van der Waals surface area contributed by atoms with Gasteiger partial charge in [0, 0.05) is 36.8 Å². The lowest BCUT2D eigenvalue weighted by Gasteiger charge is -2.17. The molecule has 1 aliphatic rings. The van der Waals surface area contributed by atoms with E-state index in [1.54, 1.807) is 47.4 Å². The van der Waals surface area contributed by atoms with Crippen LogP contribution in [0.25, 0.3) is 0 Å². The molecule has 0 bridgehead atoms. The summed E-state index contributed by atoms with van der Waals surface area (Å²) in [7, 11) is 0. The van der Waals surface area contributed by atoms with Crippen LogP contribution in [0.1, 0.15) is 30.1 Å². The maximum absolute atomic E-state index is 12.5. The van der Waals surface area contributed by atoms with Crippen molar-refractivity contribution >= 4 is 46.4 Å². The first-order valence-corrected chi connectivity index (χ1v) is 8.61. The first-order valence-electron chi connectivity index (χ1n) is 8.23. The molecule has 1 heterocycles. The Morgan fingerprint density at radius 2 is 1.81 bits per heavy atom. The van der Waals surface area contributed by atoms with Gasteiger partial charge in [-0.2, -0.15) is 0 Å². The summed E-state index contributed by atoms with van der Waals surface area (Å²) in [6.07, 6.45) is 1.36. The highest BCUT2D eigenvalue weighted by atomic mass is 35.5. The molecule has 0 unspecified atom stereocenters. The second-order valence-corrected chi connectivity index (χ2v) is 6.43. The summed E-state index contributed by atoms with van der Waals surface area (Å²) in [6.45, 7) is 2.08. The molecule has 0 atom stereocenters. The Morgan fingerprint density at radius 3 is 2.42 bits per heavy atom. The molecule has 3 rings (SSSR count). The normalized spacial score (nSPS) is 13.6. The zero-order chi connectivity index (χ0) is 18.7. The van der Waals surface area contributed by atoms with Gasteiger partial charge in [0.05, 0.1) is 10.7 Å². The summed E-state index contributed by atoms with van der Waals surface area (Å²) in [5.74, 6) is -0.438. The van der Waals surface area contributed by atoms with Gasteiger partial charge in [0.25, 0.3) is 5.91 Å². The number of rotatable bonds is 4. The van der Waals surface area contributed by atoms with E-state index in [1.807, 2.05) is 0 Å². The molecular formula is C19H18ClN3O3. The number of anilines is 3. The highest BCUT2D eigenvalue weighted by Gasteiger charge is 2.22. The Morgan fingerprint density at radius 1 is 1.08 bits per heavy atom. The van der Waals surface area contributed by atoms with Crippen LogP contribution < -0.4 is 15.5 Å². The zero-order valence-corrected chi connectivity index (χ0v) is 15.0. The molecule has 6 nitrogen and oxygen atoms in total. The molecule has 7 heteroatoms. The van der Waals surface area contributed by atoms with Gasteiger partial charge in [0.2, 0.25) is 11.8 Å². The monoisotopic (exact) mass is 371 g/mol. The molecule has 2 aromatic rings. The van der Waals surface area contributed by atoms with Gasteiger partial charge in [-0.05, 0) is 48.9 Å². The van der Waals surface area contributed by atoms with Crippen LogP contribution in [0.4, 0.5) is 17.1 Å². The minimum absolute atomic E-state index is 0.0677. The van der Waals surface area contributed by atoms with Gasteiger partial charge in [0.15, 0.2) is 0 Å². The highest BCUT2D eigenvalue weighted by molar-refractivity contribution is 6.34. The molecule has 0 saturated carbocycles. The lowest BCUT2D eigenvalue weighted by atomic mass is 10.2. The summed E-state index contributed by atoms with van der Waals surface area (Å²) >= 11 is 6.19. The summed E-state index contributed by atoms with van der Waals surface area (Å²) in [5.41, 5.74) is 2.20. The molecule has 0 aliphatic carbocycles. The number of carbonyl (C=O) groups excluding carboxylic acids is 3. The summed E-state index contributed by atoms with van der Waals surface area (Å²) in [4.78, 5) is 37.1. The van der Waals surface area contributed by atoms with Crippen molar-refractivity contribution in [2.24, 2.45) is 0 Å². The third-order valence-electron chi connectivity index (χ3n) is 4.05. The molecule has 3 amide bonds. The van der Waals surface area contributed by atoms with Crippen molar-refractivity contribution in [3.63, 3.8) is 0 Å². The van der Waals surface area contributed by atoms with E-state index in [0.29, 0.717) is 40.6 Å². The topological polar surface area (TPSA) is 78.5 Å². The van der Waals surface area contributed by atoms with E-state index in [9.17, 15) is 14.4 Å². The van der Waals surface area contributed by atoms with E-state index in [4.69, 9.17) is 11.6 Å². The number of nitrogens with zero attached hydrogens (tertiary/aromatic N) is 1. The highest BCUT2D eigenvalue weighted by Crippen LogP contribution is 2.30. The van der Waals surface area contributed by atoms with Crippen molar-refractivity contribution < 1.29 is 14.4 Å². The van der Waals surface area contributed by atoms with Crippen LogP contribution in [-0.2, 0) is 9.59 Å². The molecule has 134 valence electrons. The number of hydrogen-bond donors (Lipinski definition) is 2. The Hall–Kier alpha value is -2.86. The van der Waals surface area contributed by atoms with Crippen molar-refractivity contribution in [2.75, 3.05) is 22.1 Å². The van der Waals surface area contributed by atoms with E-state index in [0.717, 1.165) is 6.42 Å². The Bertz CT molecular complexity index is 865. The first-order chi connectivity index (χ1) is 12.4. The van der Waals surface area contributed by atoms with E-state index >= 15 is 0 Å². The van der Waals surface area contributed by atoms with Gasteiger partial charge in [0.1, 0.15) is 0 Å². The van der Waals surface area contributed by atoms with Gasteiger partial charge in [-0.25, -0.2) is 0 Å². The average Bonchev–Trinajstić information content (AvgIpc) is 3.03. The van der Waals surface area contributed by atoms with Crippen molar-refractivity contribution in [2.45, 2.75) is 19.8 Å². The number of carbonyl (C=O) groups is 3. The smallest absolute Gasteiger partial charge is 0.255 e. The second-order valence-electron chi connectivity index (χ2n) is 6.03. The second kappa shape index (κ2) is 7.58. The molecule has 2 N–H and O–H groups in total. The van der Waals surface area contributed by atoms with Crippen molar-refractivity contribution in [1.29, 1.82) is 0 Å². The number of amides is 3. The Kier molecular flexibility index (Phi) is 5.23. The predicted octanol–water partition coefficient (Wildman–Crippen LogP) is 3.68. The van der Waals surface area contributed by atoms with Gasteiger partial charge < -0.3 is 15.5 Å². The number of nitrogens with one attached hydrogen (secondary N) is 2. The number of hydrogen-bond acceptors (Lipinski definition) is 3. The Balaban J connectivity index is 1.76. The minimum Gasteiger partial charge on any atom is -0.326 e. The molecule has 1 aliphatic heterocycles. The van der Waals surface area contributed by atoms with Crippen molar-refractivity contribution in [3.8, 4) is 0 Å². The van der Waals surface area contributed by atoms with Crippen molar-refractivity contribution in [3.05, 3.63) is 53.1 Å². The fourth-order valence-electron chi connectivity index (χ4n) is 2.80. The Labute approximate surface area is 156 Å². The van der Waals surface area contributed by atoms with Crippen LogP contribution >= 0.6 is 11.6 Å². The van der Waals surface area contributed by atoms with Crippen LogP contribution in [0, 0.1) is 0 Å². The van der Waals surface area contributed by atoms with Crippen LogP contribution in [0.5, 0.6) is 0 Å². The molecule has 1 saturated heterocycles. The van der Waals surface area contributed by atoms with Gasteiger partial charge in [-0.3, -0.25) is 14.4 Å². The molecule has 26 heavy (non-hydrogen) atoms. The average molecular weight is 372 g/mol. The van der Waals surface area contributed by atoms with Crippen LogP contribution in [0.15, 0.2) is 42.5 Å². The van der Waals surface area contributed by atoms with E-state index in [1.165, 1.54) is 6.92 Å². The van der Waals surface area contributed by atoms with Crippen LogP contribution in [-0.4, -0.2) is 24.3 Å². The third kappa shape index (κ3) is 4.03. The molecule has 0 radical (unpaired) electrons. The largest absolute Gasteiger partial charge is 0.326 e. The zero-order valence-electron chi connectivity index (χ0n) is 14.2. The van der Waals surface area contributed by atoms with Crippen LogP contribution in [0.3, 0.4) is 0 Å². The summed E-state index contributed by atoms with van der Waals surface area (Å²) in [5, 5.41) is 5.80. The number of halogens is 1. The van der Waals surface area contributed by atoms with Crippen LogP contribution in [0.2, 0.25) is 5.02 Å². The molecule has 1 fully saturated rings. The van der Waals surface area contributed by atoms with Gasteiger partial charge in [-0.1, -0.05) is 11.6 Å². The predicted molar refractivity (Wildman–Crippen MR) is 102 cm³/mol. The first kappa shape index (κ1) is 17.9. The lowest BCUT2D eigenvalue weighted by molar-refractivity contribution is -0.117. The standard InChI is InChI=1S/C19H18ClN3O3/c1-12(24)21-14-6-4-13(5-7-14)19(26)22-17-11-15(8-9-16(17)20)23-10-2-3-18(23)25/h4-9,11H,2-3,10H2,1H3,(H,21,24)(H,22,26). The quantitative estimate of drug-likeness (QED) is 0.860. The fourth-order valence-corrected chi connectivity index (χ4v) is 2.97. The number of benzene rings is 2. The fraction of sp³-hybridized carbons (Fsp3) is 0.211. The van der Waals surface area contributed by atoms with Gasteiger partial charge >= 0.3 is 0 Å². The molecular weight excluding hydrogens is 354 g/mol. The molecule has 0 aromatic heterocycles. The van der Waals surface area contributed by atoms with Crippen molar-refractivity contribution in [1.82, 2.24) is 0 Å². The molecule has 2 aromatic carbocycles. The summed E-state index contributed by atoms with van der Waals surface area (Å²) in [6, 6.07) is 11.7. The molecule has 0 spiro atoms. The SMILES string of the molecule is CC(=O)Nc1ccc(C(=O)Nc2cc(N3CCCC3=O)ccc2Cl)cc1. The summed E-state index contributed by atoms with van der Waals surface area (Å²) < 4.78 is 0. The minimum atomic E-state index is -0.328.